The number of hydrogen-bond donors (Lipinski definition) is 6. The zero-order valence-electron chi connectivity index (χ0n) is 87.1. The van der Waals surface area contributed by atoms with Crippen LogP contribution in [0.3, 0.4) is 0 Å². The number of rotatable bonds is 21. The first-order valence-electron chi connectivity index (χ1n) is 49.4. The van der Waals surface area contributed by atoms with E-state index >= 15 is 0 Å². The van der Waals surface area contributed by atoms with Gasteiger partial charge in [0.05, 0.1) is 84.0 Å². The van der Waals surface area contributed by atoms with E-state index in [9.17, 15) is 78.0 Å². The zero-order chi connectivity index (χ0) is 105. The van der Waals surface area contributed by atoms with Crippen LogP contribution in [-0.4, -0.2) is 326 Å². The second kappa shape index (κ2) is 46.5. The van der Waals surface area contributed by atoms with Crippen LogP contribution < -0.4 is 0 Å². The first-order chi connectivity index (χ1) is 65.0. The van der Waals surface area contributed by atoms with Gasteiger partial charge in [-0.05, 0) is 125 Å². The van der Waals surface area contributed by atoms with Gasteiger partial charge in [0.2, 0.25) is 29.5 Å². The van der Waals surface area contributed by atoms with E-state index in [0.29, 0.717) is 6.61 Å². The molecule has 5 amide bonds. The third kappa shape index (κ3) is 23.5. The smallest absolute Gasteiger partial charge is 0.418 e. The van der Waals surface area contributed by atoms with Crippen molar-refractivity contribution in [3.8, 4) is 0 Å². The van der Waals surface area contributed by atoms with Crippen molar-refractivity contribution in [2.24, 2.45) is 11.8 Å². The molecule has 8 saturated heterocycles. The number of fused-ring (bicyclic) bond motifs is 3. The number of allylic oxidation sites excluding steroid dienone is 5. The Bertz CT molecular complexity index is 4570. The van der Waals surface area contributed by atoms with Gasteiger partial charge in [-0.2, -0.15) is 0 Å². The number of ketones is 5. The molecule has 20 atom stereocenters. The first-order valence-corrected chi connectivity index (χ1v) is 61.2. The van der Waals surface area contributed by atoms with E-state index in [2.05, 4.69) is 173 Å². The highest BCUT2D eigenvalue weighted by Gasteiger charge is 2.71. The highest BCUT2D eigenvalue weighted by molar-refractivity contribution is 6.85. The van der Waals surface area contributed by atoms with Gasteiger partial charge < -0.3 is 103 Å². The number of amides is 5. The summed E-state index contributed by atoms with van der Waals surface area (Å²) in [5, 5.41) is 59.5. The fourth-order valence-electron chi connectivity index (χ4n) is 21.1. The summed E-state index contributed by atoms with van der Waals surface area (Å²) in [4.78, 5) is 151. The first kappa shape index (κ1) is 117. The van der Waals surface area contributed by atoms with Crippen molar-refractivity contribution < 1.29 is 160 Å². The molecule has 0 bridgehead atoms. The highest BCUT2D eigenvalue weighted by atomic mass is 28.5. The van der Waals surface area contributed by atoms with Crippen molar-refractivity contribution in [3.63, 3.8) is 0 Å². The van der Waals surface area contributed by atoms with Gasteiger partial charge >= 0.3 is 63.3 Å². The van der Waals surface area contributed by atoms with Crippen molar-refractivity contribution in [2.45, 2.75) is 415 Å². The predicted molar refractivity (Wildman–Crippen MR) is 520 cm³/mol. The minimum atomic E-state index is -3.18. The summed E-state index contributed by atoms with van der Waals surface area (Å²) in [6, 6.07) is 0. The number of nitrogens with zero attached hydrogens (tertiary/aromatic N) is 5. The second-order valence-electron chi connectivity index (χ2n) is 42.9. The van der Waals surface area contributed by atoms with Crippen LogP contribution in [0.1, 0.15) is 240 Å². The minimum Gasteiger partial charge on any atom is -0.458 e. The molecule has 13 aliphatic heterocycles. The van der Waals surface area contributed by atoms with Crippen LogP contribution in [0.25, 0.3) is 0 Å². The molecule has 13 heterocycles. The van der Waals surface area contributed by atoms with Gasteiger partial charge in [0.15, 0.2) is 53.2 Å². The molecule has 0 aromatic carbocycles. The average molecular weight is 2080 g/mol. The summed E-state index contributed by atoms with van der Waals surface area (Å²) < 4.78 is 104. The lowest BCUT2D eigenvalue weighted by atomic mass is 9.94. The molecule has 0 aromatic rings. The molecule has 6 N–H and O–H groups in total. The molecular weight excluding hydrogens is 1920 g/mol. The molecule has 39 nitrogen and oxygen atoms in total. The van der Waals surface area contributed by atoms with E-state index in [4.69, 9.17) is 82.3 Å². The minimum absolute atomic E-state index is 0.0158. The Balaban J connectivity index is 0.000000202. The number of ether oxygens (including phenoxy) is 7. The molecule has 0 aromatic heterocycles. The number of carbonyl (C=O) groups excluding carboxylic acids is 12. The van der Waals surface area contributed by atoms with Crippen LogP contribution in [-0.2, 0) is 130 Å². The number of esters is 2. The summed E-state index contributed by atoms with van der Waals surface area (Å²) in [6.07, 6.45) is 0.561. The van der Waals surface area contributed by atoms with Crippen LogP contribution in [0.4, 0.5) is 0 Å². The monoisotopic (exact) mass is 2080 g/mol. The SMILES string of the molecule is CC(C)[Si]1(C(C)C)OC[C@H]2O[C@@H](N3C=CC(=O)CC3=O)[C@@H](C)[C@@H]2O[Si](C(C)C)(C(C)C)O1.CC(C)[Si]1(C(C)C)OC[C@H]2O[C@@H](N3C=CC(=O)CC3=O)[C@](C)(O)[C@@H]2O[Si](C(C)C)(C(C)C)O1.CCOC(=O)C(=O)O[C@]1(C)[C@@H]2O[Si](C(C)C)(C(C)C)O[Si](C(C)C)(C(C)C)OC[C@H]2O[C@H]1N1C=CC(=O)CC1=O.C[C@@]1(O)[C@H](O)[C@@H](CO)O[C@H]1N1C=CC(=O)CC1=O.C[C@H]1[C@H](O)[C@@H](CO)O[C@H]1N1C=CC(=O)CC1=O. The van der Waals surface area contributed by atoms with Crippen molar-refractivity contribution in [3.05, 3.63) is 61.4 Å². The maximum atomic E-state index is 13.0. The lowest BCUT2D eigenvalue weighted by Gasteiger charge is -2.52. The summed E-state index contributed by atoms with van der Waals surface area (Å²) in [5.41, 5.74) is -3.18. The van der Waals surface area contributed by atoms with Crippen molar-refractivity contribution in [2.75, 3.05) is 39.6 Å². The van der Waals surface area contributed by atoms with E-state index in [-0.39, 0.29) is 190 Å². The van der Waals surface area contributed by atoms with Crippen LogP contribution in [0, 0.1) is 11.8 Å². The summed E-state index contributed by atoms with van der Waals surface area (Å²) >= 11 is 0. The van der Waals surface area contributed by atoms with E-state index in [0.717, 1.165) is 4.90 Å². The number of aliphatic hydroxyl groups is 6. The standard InChI is InChI=1S/C27H45NO10Si2.C23H41NO7Si2.C23H41NO6Si2.C11H15NO6.C11H15NO5/c1-11-33-24(31)25(32)36-27(10)23-21(35-26(27)28-13-12-20(29)14-22(28)30)15-34-39(16(2)3,17(4)5)38-40(37-23,18(6)7)19(8)9;1-14(2)32(15(3)4)28-13-19-21(30-33(31-32,16(5)6)17(7)8)23(9,27)22(29-19)24-11-10-18(25)12-20(24)26;1-14(2)31(15(3)4)27-13-20-22(29-32(30-31,16(5)6)17(7)8)18(9)23(28-20)24-11-10-19(25)12-21(24)26;1-11(17)9(16)7(5-13)18-10(11)12-3-2-6(14)4-8(12)15;1-6-10(16)8(5-13)17-11(6)12-3-2-7(14)4-9(12)15/h12-13,16-19,21,23,26H,11,14-15H2,1-10H3;10-11,14-17,19,21-22,27H,12-13H2,1-9H3;10-11,14-18,20,22-23H,12-13H2,1-9H3;2-3,7,9-10,13,16-17H,4-5H2,1H3;2-3,6,8,10-11,13,16H,4-5H2,1H3/t21-,23-,26-,27-;19-,21-,22-,23-;18-,20+,22-,23+;7-,9-,10-,11-;6-,8+,10-,11+/m11010/s1. The van der Waals surface area contributed by atoms with Crippen molar-refractivity contribution in [1.82, 2.24) is 24.5 Å². The Morgan fingerprint density at radius 2 is 0.679 bits per heavy atom. The third-order valence-corrected chi connectivity index (χ3v) is 59.8. The van der Waals surface area contributed by atoms with E-state index in [1.807, 2.05) is 0 Å². The van der Waals surface area contributed by atoms with Gasteiger partial charge in [-0.3, -0.25) is 72.4 Å². The Kier molecular flexibility index (Phi) is 39.0. The number of hydrogen-bond acceptors (Lipinski definition) is 34. The number of carbonyl (C=O) groups is 12. The zero-order valence-corrected chi connectivity index (χ0v) is 93.1. The van der Waals surface area contributed by atoms with Crippen molar-refractivity contribution in [1.29, 1.82) is 0 Å². The Morgan fingerprint density at radius 3 is 1.00 bits per heavy atom. The van der Waals surface area contributed by atoms with Crippen LogP contribution in [0.5, 0.6) is 0 Å². The molecule has 0 aliphatic carbocycles. The number of aliphatic hydroxyl groups excluding tert-OH is 4. The molecular formula is C95H157N5O34Si6. The molecule has 790 valence electrons. The second-order valence-corrected chi connectivity index (χ2v) is 69.4. The summed E-state index contributed by atoms with van der Waals surface area (Å²) in [6.45, 7) is 61.0. The fraction of sp³-hybridized carbons (Fsp3) is 0.768. The fourth-order valence-corrected chi connectivity index (χ4v) is 55.0. The van der Waals surface area contributed by atoms with Gasteiger partial charge in [-0.15, -0.1) is 0 Å². The molecule has 0 radical (unpaired) electrons. The van der Waals surface area contributed by atoms with Crippen LogP contribution in [0.2, 0.25) is 66.5 Å². The van der Waals surface area contributed by atoms with E-state index in [1.165, 1.54) is 76.8 Å². The van der Waals surface area contributed by atoms with Crippen molar-refractivity contribution >= 4 is 122 Å². The average Bonchev–Trinajstić information content (AvgIpc) is 1.54. The van der Waals surface area contributed by atoms with Crippen LogP contribution >= 0.6 is 0 Å². The Labute approximate surface area is 830 Å². The van der Waals surface area contributed by atoms with Gasteiger partial charge in [-0.1, -0.05) is 180 Å². The Morgan fingerprint density at radius 1 is 0.379 bits per heavy atom. The van der Waals surface area contributed by atoms with E-state index in [1.54, 1.807) is 38.8 Å². The molecule has 8 fully saturated rings. The van der Waals surface area contributed by atoms with Gasteiger partial charge in [-0.25, -0.2) is 9.59 Å². The van der Waals surface area contributed by atoms with Crippen LogP contribution in [0.15, 0.2) is 61.4 Å². The highest BCUT2D eigenvalue weighted by Crippen LogP contribution is 2.55. The molecule has 0 saturated carbocycles. The molecule has 45 heteroatoms. The van der Waals surface area contributed by atoms with Gasteiger partial charge in [0, 0.05) is 42.8 Å². The summed E-state index contributed by atoms with van der Waals surface area (Å²) in [7, 11) is -17.1. The van der Waals surface area contributed by atoms with Gasteiger partial charge in [0.25, 0.3) is 0 Å². The topological polar surface area (TPSA) is 490 Å². The molecule has 13 rings (SSSR count). The lowest BCUT2D eigenvalue weighted by Crippen LogP contribution is -2.68. The molecule has 0 spiro atoms. The normalized spacial score (nSPS) is 34.0. The summed E-state index contributed by atoms with van der Waals surface area (Å²) in [5.74, 6) is -6.15. The molecule has 0 unspecified atom stereocenters. The Hall–Kier alpha value is -6.16. The quantitative estimate of drug-likeness (QED) is 0.0269. The maximum absolute atomic E-state index is 13.0. The molecule has 13 aliphatic rings. The lowest BCUT2D eigenvalue weighted by molar-refractivity contribution is -0.194. The van der Waals surface area contributed by atoms with Gasteiger partial charge in [0.1, 0.15) is 72.5 Å². The molecule has 140 heavy (non-hydrogen) atoms. The van der Waals surface area contributed by atoms with E-state index < -0.39 is 184 Å². The predicted octanol–water partition coefficient (Wildman–Crippen LogP) is 9.35. The largest absolute Gasteiger partial charge is 0.458 e. The maximum Gasteiger partial charge on any atom is 0.418 e. The third-order valence-electron chi connectivity index (χ3n) is 29.1.